The average molecular weight is 289 g/mol. The predicted molar refractivity (Wildman–Crippen MR) is 71.0 cm³/mol. The molecule has 1 aliphatic carbocycles. The van der Waals surface area contributed by atoms with Gasteiger partial charge >= 0.3 is 0 Å². The quantitative estimate of drug-likeness (QED) is 0.864. The Labute approximate surface area is 113 Å². The topological polar surface area (TPSA) is 59.1 Å². The lowest BCUT2D eigenvalue weighted by atomic mass is 9.89. The summed E-state index contributed by atoms with van der Waals surface area (Å²) in [5, 5.41) is 0.0790. The van der Waals surface area contributed by atoms with Crippen LogP contribution in [0.2, 0.25) is 0 Å². The lowest BCUT2D eigenvalue weighted by Gasteiger charge is -2.26. The Morgan fingerprint density at radius 1 is 1.39 bits per heavy atom. The summed E-state index contributed by atoms with van der Waals surface area (Å²) in [6.07, 6.45) is 7.13. The molecule has 100 valence electrons. The molecule has 1 aromatic heterocycles. The second-order valence-corrected chi connectivity index (χ2v) is 6.93. The molecule has 1 fully saturated rings. The molecule has 2 unspecified atom stereocenters. The number of aromatic nitrogens is 1. The van der Waals surface area contributed by atoms with Crippen LogP contribution in [0.25, 0.3) is 0 Å². The first kappa shape index (κ1) is 13.8. The molecule has 18 heavy (non-hydrogen) atoms. The molecule has 0 saturated heterocycles. The fraction of sp³-hybridized carbons (Fsp3) is 0.583. The van der Waals surface area contributed by atoms with Gasteiger partial charge in [0.05, 0.1) is 0 Å². The van der Waals surface area contributed by atoms with Gasteiger partial charge in [-0.1, -0.05) is 12.8 Å². The van der Waals surface area contributed by atoms with E-state index in [-0.39, 0.29) is 16.2 Å². The standard InChI is InChI=1S/C12H17ClN2O2S/c13-12-6-2-1-4-10(12)8-15-18(16,17)11-5-3-7-14-9-11/h3,5,7,9-10,12,15H,1-2,4,6,8H2. The molecule has 4 nitrogen and oxygen atoms in total. The van der Waals surface area contributed by atoms with Crippen molar-refractivity contribution in [2.24, 2.45) is 5.92 Å². The van der Waals surface area contributed by atoms with Crippen LogP contribution in [0.1, 0.15) is 25.7 Å². The fourth-order valence-electron chi connectivity index (χ4n) is 2.20. The lowest BCUT2D eigenvalue weighted by molar-refractivity contribution is 0.364. The summed E-state index contributed by atoms with van der Waals surface area (Å²) < 4.78 is 26.6. The molecule has 1 aromatic rings. The number of alkyl halides is 1. The van der Waals surface area contributed by atoms with Gasteiger partial charge < -0.3 is 0 Å². The van der Waals surface area contributed by atoms with Gasteiger partial charge in [-0.15, -0.1) is 11.6 Å². The third kappa shape index (κ3) is 3.43. The van der Waals surface area contributed by atoms with E-state index in [0.717, 1.165) is 25.7 Å². The highest BCUT2D eigenvalue weighted by Crippen LogP contribution is 2.28. The van der Waals surface area contributed by atoms with E-state index in [1.807, 2.05) is 0 Å². The molecule has 1 aliphatic rings. The fourth-order valence-corrected chi connectivity index (χ4v) is 3.63. The van der Waals surface area contributed by atoms with Gasteiger partial charge in [0.15, 0.2) is 0 Å². The average Bonchev–Trinajstić information content (AvgIpc) is 2.39. The van der Waals surface area contributed by atoms with Crippen molar-refractivity contribution in [1.82, 2.24) is 9.71 Å². The van der Waals surface area contributed by atoms with Crippen molar-refractivity contribution in [1.29, 1.82) is 0 Å². The number of nitrogens with zero attached hydrogens (tertiary/aromatic N) is 1. The zero-order chi connectivity index (χ0) is 13.0. The van der Waals surface area contributed by atoms with E-state index in [0.29, 0.717) is 6.54 Å². The summed E-state index contributed by atoms with van der Waals surface area (Å²) in [5.74, 6) is 0.229. The molecule has 2 rings (SSSR count). The first-order valence-corrected chi connectivity index (χ1v) is 8.05. The maximum Gasteiger partial charge on any atom is 0.242 e. The number of sulfonamides is 1. The third-order valence-corrected chi connectivity index (χ3v) is 5.28. The highest BCUT2D eigenvalue weighted by atomic mass is 35.5. The van der Waals surface area contributed by atoms with Crippen molar-refractivity contribution in [3.05, 3.63) is 24.5 Å². The normalized spacial score (nSPS) is 24.9. The van der Waals surface area contributed by atoms with E-state index >= 15 is 0 Å². The highest BCUT2D eigenvalue weighted by Gasteiger charge is 2.25. The van der Waals surface area contributed by atoms with E-state index < -0.39 is 10.0 Å². The van der Waals surface area contributed by atoms with Gasteiger partial charge in [-0.05, 0) is 30.9 Å². The van der Waals surface area contributed by atoms with Crippen LogP contribution in [-0.4, -0.2) is 25.3 Å². The Morgan fingerprint density at radius 2 is 2.17 bits per heavy atom. The van der Waals surface area contributed by atoms with E-state index in [1.54, 1.807) is 12.3 Å². The molecule has 0 aliphatic heterocycles. The molecule has 6 heteroatoms. The Balaban J connectivity index is 1.97. The van der Waals surface area contributed by atoms with Crippen molar-refractivity contribution in [3.63, 3.8) is 0 Å². The molecule has 0 bridgehead atoms. The molecule has 1 saturated carbocycles. The van der Waals surface area contributed by atoms with E-state index in [9.17, 15) is 8.42 Å². The summed E-state index contributed by atoms with van der Waals surface area (Å²) in [5.41, 5.74) is 0. The Hall–Kier alpha value is -0.650. The third-order valence-electron chi connectivity index (χ3n) is 3.30. The van der Waals surface area contributed by atoms with Gasteiger partial charge in [0, 0.05) is 24.3 Å². The second-order valence-electron chi connectivity index (χ2n) is 4.60. The van der Waals surface area contributed by atoms with Gasteiger partial charge in [0.2, 0.25) is 10.0 Å². The van der Waals surface area contributed by atoms with Gasteiger partial charge in [-0.2, -0.15) is 0 Å². The molecule has 0 radical (unpaired) electrons. The van der Waals surface area contributed by atoms with Gasteiger partial charge in [0.1, 0.15) is 4.90 Å². The number of hydrogen-bond donors (Lipinski definition) is 1. The minimum atomic E-state index is -3.45. The first-order chi connectivity index (χ1) is 8.59. The maximum atomic E-state index is 12.0. The minimum Gasteiger partial charge on any atom is -0.263 e. The van der Waals surface area contributed by atoms with Crippen LogP contribution in [-0.2, 0) is 10.0 Å². The summed E-state index contributed by atoms with van der Waals surface area (Å²) in [7, 11) is -3.45. The van der Waals surface area contributed by atoms with Crippen LogP contribution in [0.4, 0.5) is 0 Å². The molecule has 2 atom stereocenters. The van der Waals surface area contributed by atoms with E-state index in [2.05, 4.69) is 9.71 Å². The van der Waals surface area contributed by atoms with Gasteiger partial charge in [-0.3, -0.25) is 4.98 Å². The number of halogens is 1. The summed E-state index contributed by atoms with van der Waals surface area (Å²) >= 11 is 6.21. The summed E-state index contributed by atoms with van der Waals surface area (Å²) in [6, 6.07) is 3.15. The Bertz CT molecular complexity index is 478. The van der Waals surface area contributed by atoms with Crippen molar-refractivity contribution in [3.8, 4) is 0 Å². The van der Waals surface area contributed by atoms with E-state index in [1.165, 1.54) is 12.3 Å². The zero-order valence-corrected chi connectivity index (χ0v) is 11.6. The Morgan fingerprint density at radius 3 is 2.83 bits per heavy atom. The van der Waals surface area contributed by atoms with Crippen LogP contribution in [0.15, 0.2) is 29.4 Å². The molecular formula is C12H17ClN2O2S. The molecule has 0 aromatic carbocycles. The SMILES string of the molecule is O=S(=O)(NCC1CCCCC1Cl)c1cccnc1. The van der Waals surface area contributed by atoms with Crippen LogP contribution in [0, 0.1) is 5.92 Å². The number of rotatable bonds is 4. The van der Waals surface area contributed by atoms with Crippen LogP contribution >= 0.6 is 11.6 Å². The molecule has 0 amide bonds. The number of pyridine rings is 1. The van der Waals surface area contributed by atoms with Crippen LogP contribution < -0.4 is 4.72 Å². The maximum absolute atomic E-state index is 12.0. The molecule has 0 spiro atoms. The molecule has 1 N–H and O–H groups in total. The van der Waals surface area contributed by atoms with Crippen LogP contribution in [0.3, 0.4) is 0 Å². The van der Waals surface area contributed by atoms with Gasteiger partial charge in [0.25, 0.3) is 0 Å². The summed E-state index contributed by atoms with van der Waals surface area (Å²) in [4.78, 5) is 4.02. The van der Waals surface area contributed by atoms with Gasteiger partial charge in [-0.25, -0.2) is 13.1 Å². The summed E-state index contributed by atoms with van der Waals surface area (Å²) in [6.45, 7) is 0.408. The lowest BCUT2D eigenvalue weighted by Crippen LogP contribution is -2.34. The largest absolute Gasteiger partial charge is 0.263 e. The second kappa shape index (κ2) is 5.99. The minimum absolute atomic E-state index is 0.0790. The van der Waals surface area contributed by atoms with E-state index in [4.69, 9.17) is 11.6 Å². The van der Waals surface area contributed by atoms with Crippen molar-refractivity contribution in [2.75, 3.05) is 6.54 Å². The first-order valence-electron chi connectivity index (χ1n) is 6.13. The number of nitrogens with one attached hydrogen (secondary N) is 1. The smallest absolute Gasteiger partial charge is 0.242 e. The van der Waals surface area contributed by atoms with Crippen molar-refractivity contribution < 1.29 is 8.42 Å². The number of hydrogen-bond acceptors (Lipinski definition) is 3. The zero-order valence-electron chi connectivity index (χ0n) is 10.0. The van der Waals surface area contributed by atoms with Crippen molar-refractivity contribution >= 4 is 21.6 Å². The van der Waals surface area contributed by atoms with Crippen LogP contribution in [0.5, 0.6) is 0 Å². The van der Waals surface area contributed by atoms with Crippen molar-refractivity contribution in [2.45, 2.75) is 36.0 Å². The predicted octanol–water partition coefficient (Wildman–Crippen LogP) is 2.16. The highest BCUT2D eigenvalue weighted by molar-refractivity contribution is 7.89. The Kier molecular flexibility index (Phi) is 4.59. The molecular weight excluding hydrogens is 272 g/mol. The molecule has 1 heterocycles. The monoisotopic (exact) mass is 288 g/mol.